The Morgan fingerprint density at radius 2 is 0.690 bits per heavy atom. The second kappa shape index (κ2) is 17.7. The first kappa shape index (κ1) is 41.0. The Hall–Kier alpha value is -6.64. The number of aromatic hydroxyl groups is 3. The molecule has 1 atom stereocenters. The number of benzene rings is 6. The number of carbonyl (C=O) groups is 3. The molecule has 0 saturated heterocycles. The molecule has 0 aromatic heterocycles. The van der Waals surface area contributed by atoms with E-state index in [9.17, 15) is 45.0 Å². The third-order valence-corrected chi connectivity index (χ3v) is 16.9. The van der Waals surface area contributed by atoms with Crippen molar-refractivity contribution in [2.45, 2.75) is 31.1 Å². The third kappa shape index (κ3) is 9.48. The van der Waals surface area contributed by atoms with Crippen molar-refractivity contribution < 1.29 is 49.5 Å². The third-order valence-electron chi connectivity index (χ3n) is 10.8. The quantitative estimate of drug-likeness (QED) is 0.0363. The SMILES string of the molecule is O=C(O)CCP(CCC(=O)O)(CCC(=O)O)(Oc1ccc(C(c2ccc(O)cc2)c2ccc(C(c3ccc(O)cc3)c3ccc(O)cc3)cc2)cc1)c1ccccc1. The van der Waals surface area contributed by atoms with Gasteiger partial charge in [-0.2, -0.15) is 0 Å². The molecule has 1 unspecified atom stereocenters. The van der Waals surface area contributed by atoms with Crippen LogP contribution in [-0.4, -0.2) is 67.0 Å². The van der Waals surface area contributed by atoms with Crippen molar-refractivity contribution in [1.82, 2.24) is 0 Å². The fourth-order valence-electron chi connectivity index (χ4n) is 7.82. The van der Waals surface area contributed by atoms with Crippen LogP contribution in [0.4, 0.5) is 0 Å². The number of carboxylic acids is 3. The van der Waals surface area contributed by atoms with E-state index in [2.05, 4.69) is 0 Å². The molecule has 58 heavy (non-hydrogen) atoms. The molecule has 0 bridgehead atoms. The van der Waals surface area contributed by atoms with Crippen LogP contribution in [0.2, 0.25) is 0 Å². The van der Waals surface area contributed by atoms with Gasteiger partial charge in [0.15, 0.2) is 0 Å². The van der Waals surface area contributed by atoms with Gasteiger partial charge in [-0.15, -0.1) is 0 Å². The number of carboxylic acid groups (broad SMARTS) is 3. The summed E-state index contributed by atoms with van der Waals surface area (Å²) in [4.78, 5) is 36.3. The van der Waals surface area contributed by atoms with E-state index in [4.69, 9.17) is 4.52 Å². The van der Waals surface area contributed by atoms with Gasteiger partial charge in [-0.1, -0.05) is 24.3 Å². The zero-order valence-corrected chi connectivity index (χ0v) is 32.5. The molecule has 0 aliphatic carbocycles. The number of phenols is 3. The van der Waals surface area contributed by atoms with Crippen LogP contribution < -0.4 is 9.83 Å². The van der Waals surface area contributed by atoms with Crippen molar-refractivity contribution in [3.8, 4) is 23.0 Å². The summed E-state index contributed by atoms with van der Waals surface area (Å²) >= 11 is 0. The molecule has 298 valence electrons. The molecule has 6 aromatic carbocycles. The first-order chi connectivity index (χ1) is 27.8. The molecule has 0 saturated carbocycles. The van der Waals surface area contributed by atoms with Crippen molar-refractivity contribution in [3.63, 3.8) is 0 Å². The summed E-state index contributed by atoms with van der Waals surface area (Å²) in [6.45, 7) is -4.13. The van der Waals surface area contributed by atoms with Gasteiger partial charge in [-0.05, 0) is 24.3 Å². The average molecular weight is 801 g/mol. The van der Waals surface area contributed by atoms with E-state index in [0.717, 1.165) is 33.4 Å². The zero-order chi connectivity index (χ0) is 41.3. The van der Waals surface area contributed by atoms with E-state index in [1.807, 2.05) is 72.8 Å². The van der Waals surface area contributed by atoms with Crippen molar-refractivity contribution in [2.24, 2.45) is 0 Å². The molecule has 0 radical (unpaired) electrons. The number of aliphatic carboxylic acids is 3. The molecule has 0 aliphatic rings. The molecule has 11 heteroatoms. The summed E-state index contributed by atoms with van der Waals surface area (Å²) in [7, 11) is 0. The van der Waals surface area contributed by atoms with Crippen LogP contribution >= 0.6 is 6.83 Å². The zero-order valence-electron chi connectivity index (χ0n) is 31.6. The van der Waals surface area contributed by atoms with Crippen LogP contribution in [0.25, 0.3) is 0 Å². The Balaban J connectivity index is 1.42. The van der Waals surface area contributed by atoms with Gasteiger partial charge in [-0.25, -0.2) is 0 Å². The Labute approximate surface area is 336 Å². The minimum atomic E-state index is -4.13. The second-order valence-electron chi connectivity index (χ2n) is 14.5. The molecular formula is C47H45O10P. The Morgan fingerprint density at radius 1 is 0.414 bits per heavy atom. The van der Waals surface area contributed by atoms with Gasteiger partial charge in [0.25, 0.3) is 0 Å². The van der Waals surface area contributed by atoms with Gasteiger partial charge >= 0.3 is 267 Å². The Morgan fingerprint density at radius 3 is 0.983 bits per heavy atom. The summed E-state index contributed by atoms with van der Waals surface area (Å²) < 4.78 is 7.01. The summed E-state index contributed by atoms with van der Waals surface area (Å²) in [5.74, 6) is -3.05. The maximum atomic E-state index is 12.1. The van der Waals surface area contributed by atoms with Gasteiger partial charge in [0.1, 0.15) is 11.5 Å². The van der Waals surface area contributed by atoms with Crippen molar-refractivity contribution in [3.05, 3.63) is 185 Å². The summed E-state index contributed by atoms with van der Waals surface area (Å²) in [6.07, 6.45) is -1.18. The van der Waals surface area contributed by atoms with E-state index in [-0.39, 0.29) is 66.8 Å². The molecule has 10 nitrogen and oxygen atoms in total. The standard InChI is InChI=1S/C47H45O10P/c48-38-18-10-34(11-19-38)46(35-12-20-39(49)21-13-35)32-6-8-33(9-7-32)47(36-14-22-40(50)23-15-36)37-16-24-41(25-17-37)57-58(29-26-43(51)52,30-27-44(53)54,31-28-45(55)56)42-4-2-1-3-5-42/h1-25,46-50H,26-31H2,(H,51,52)(H,53,54)(H,55,56). The van der Waals surface area contributed by atoms with Crippen molar-refractivity contribution in [1.29, 1.82) is 0 Å². The molecule has 0 aliphatic heterocycles. The molecule has 0 amide bonds. The molecule has 0 spiro atoms. The van der Waals surface area contributed by atoms with E-state index in [1.54, 1.807) is 78.9 Å². The van der Waals surface area contributed by atoms with Crippen LogP contribution in [0.5, 0.6) is 23.0 Å². The van der Waals surface area contributed by atoms with E-state index in [0.29, 0.717) is 11.1 Å². The summed E-state index contributed by atoms with van der Waals surface area (Å²) in [5, 5.41) is 60.4. The molecule has 6 N–H and O–H groups in total. The average Bonchev–Trinajstić information content (AvgIpc) is 3.22. The van der Waals surface area contributed by atoms with Crippen LogP contribution in [0.3, 0.4) is 0 Å². The van der Waals surface area contributed by atoms with Crippen LogP contribution in [0.15, 0.2) is 152 Å². The van der Waals surface area contributed by atoms with Crippen molar-refractivity contribution >= 4 is 30.0 Å². The van der Waals surface area contributed by atoms with Gasteiger partial charge in [-0.3, -0.25) is 0 Å². The monoisotopic (exact) mass is 800 g/mol. The van der Waals surface area contributed by atoms with Gasteiger partial charge < -0.3 is 10.2 Å². The van der Waals surface area contributed by atoms with Gasteiger partial charge in [0.05, 0.1) is 0 Å². The minimum absolute atomic E-state index is 0.0506. The first-order valence-corrected chi connectivity index (χ1v) is 21.5. The molecular weight excluding hydrogens is 755 g/mol. The number of hydrogen-bond donors (Lipinski definition) is 6. The number of hydrogen-bond acceptors (Lipinski definition) is 7. The predicted octanol–water partition coefficient (Wildman–Crippen LogP) is 8.76. The second-order valence-corrected chi connectivity index (χ2v) is 19.8. The van der Waals surface area contributed by atoms with E-state index < -0.39 is 24.7 Å². The van der Waals surface area contributed by atoms with Crippen LogP contribution in [0.1, 0.15) is 64.5 Å². The Kier molecular flexibility index (Phi) is 12.5. The normalized spacial score (nSPS) is 12.6. The maximum absolute atomic E-state index is 12.1. The molecule has 0 heterocycles. The number of rotatable bonds is 18. The van der Waals surface area contributed by atoms with Crippen molar-refractivity contribution in [2.75, 3.05) is 18.5 Å². The fourth-order valence-corrected chi connectivity index (χ4v) is 13.4. The predicted molar refractivity (Wildman–Crippen MR) is 224 cm³/mol. The van der Waals surface area contributed by atoms with Gasteiger partial charge in [0, 0.05) is 0 Å². The number of phenolic OH excluding ortho intramolecular Hbond substituents is 3. The van der Waals surface area contributed by atoms with E-state index in [1.165, 1.54) is 0 Å². The van der Waals surface area contributed by atoms with Crippen LogP contribution in [-0.2, 0) is 14.4 Å². The molecule has 6 aromatic rings. The summed E-state index contributed by atoms with van der Waals surface area (Å²) in [6, 6.07) is 45.3. The first-order valence-electron chi connectivity index (χ1n) is 18.8. The van der Waals surface area contributed by atoms with E-state index >= 15 is 0 Å². The Bertz CT molecular complexity index is 2230. The molecule has 0 fully saturated rings. The molecule has 6 rings (SSSR count). The fraction of sp³-hybridized carbons (Fsp3) is 0.170. The summed E-state index contributed by atoms with van der Waals surface area (Å²) in [5.41, 5.74) is 5.56. The topological polar surface area (TPSA) is 182 Å². The van der Waals surface area contributed by atoms with Crippen LogP contribution in [0, 0.1) is 0 Å². The van der Waals surface area contributed by atoms with Gasteiger partial charge in [0.2, 0.25) is 0 Å².